The van der Waals surface area contributed by atoms with Gasteiger partial charge in [-0.1, -0.05) is 0 Å². The Morgan fingerprint density at radius 2 is 2.39 bits per heavy atom. The zero-order chi connectivity index (χ0) is 13.0. The molecule has 1 fully saturated rings. The predicted octanol–water partition coefficient (Wildman–Crippen LogP) is 2.70. The highest BCUT2D eigenvalue weighted by Gasteiger charge is 2.20. The molecule has 0 aromatic heterocycles. The van der Waals surface area contributed by atoms with Crippen LogP contribution in [0.2, 0.25) is 0 Å². The standard InChI is InChI=1S/C14H17FN2O/c1-2-18-13-4-3-7-17(10-13)12-6-5-11(9-16)14(15)8-12/h5-6,8,13H,2-4,7,10H2,1H3. The molecule has 0 radical (unpaired) electrons. The first-order chi connectivity index (χ1) is 8.74. The number of nitriles is 1. The van der Waals surface area contributed by atoms with E-state index in [0.717, 1.165) is 31.6 Å². The third-order valence-electron chi connectivity index (χ3n) is 3.22. The highest BCUT2D eigenvalue weighted by atomic mass is 19.1. The van der Waals surface area contributed by atoms with Crippen LogP contribution in [0.25, 0.3) is 0 Å². The quantitative estimate of drug-likeness (QED) is 0.825. The molecule has 0 bridgehead atoms. The molecule has 2 rings (SSSR count). The minimum atomic E-state index is -0.450. The molecule has 1 unspecified atom stereocenters. The minimum Gasteiger partial charge on any atom is -0.377 e. The van der Waals surface area contributed by atoms with Crippen LogP contribution in [-0.4, -0.2) is 25.8 Å². The Morgan fingerprint density at radius 3 is 3.06 bits per heavy atom. The topological polar surface area (TPSA) is 36.3 Å². The molecule has 1 aromatic rings. The molecule has 0 N–H and O–H groups in total. The second-order valence-corrected chi connectivity index (χ2v) is 4.44. The van der Waals surface area contributed by atoms with Gasteiger partial charge in [-0.25, -0.2) is 4.39 Å². The number of halogens is 1. The predicted molar refractivity (Wildman–Crippen MR) is 68.0 cm³/mol. The van der Waals surface area contributed by atoms with E-state index in [0.29, 0.717) is 6.61 Å². The first-order valence-corrected chi connectivity index (χ1v) is 6.30. The summed E-state index contributed by atoms with van der Waals surface area (Å²) in [6.45, 7) is 4.40. The van der Waals surface area contributed by atoms with Crippen LogP contribution in [0.15, 0.2) is 18.2 Å². The van der Waals surface area contributed by atoms with Crippen molar-refractivity contribution < 1.29 is 9.13 Å². The van der Waals surface area contributed by atoms with Gasteiger partial charge in [-0.3, -0.25) is 0 Å². The molecule has 18 heavy (non-hydrogen) atoms. The van der Waals surface area contributed by atoms with Crippen LogP contribution in [0.1, 0.15) is 25.3 Å². The lowest BCUT2D eigenvalue weighted by Gasteiger charge is -2.34. The summed E-state index contributed by atoms with van der Waals surface area (Å²) in [6.07, 6.45) is 2.33. The molecule has 1 heterocycles. The van der Waals surface area contributed by atoms with Gasteiger partial charge in [0, 0.05) is 25.4 Å². The largest absolute Gasteiger partial charge is 0.377 e. The molecule has 1 saturated heterocycles. The fourth-order valence-electron chi connectivity index (χ4n) is 2.34. The highest BCUT2D eigenvalue weighted by molar-refractivity contribution is 5.50. The van der Waals surface area contributed by atoms with Gasteiger partial charge in [-0.05, 0) is 38.0 Å². The molecule has 1 atom stereocenters. The van der Waals surface area contributed by atoms with Gasteiger partial charge in [0.15, 0.2) is 0 Å². The number of anilines is 1. The molecule has 0 amide bonds. The van der Waals surface area contributed by atoms with Crippen LogP contribution in [0, 0.1) is 17.1 Å². The minimum absolute atomic E-state index is 0.0946. The van der Waals surface area contributed by atoms with Crippen molar-refractivity contribution in [2.45, 2.75) is 25.9 Å². The van der Waals surface area contributed by atoms with E-state index in [-0.39, 0.29) is 11.7 Å². The normalized spacial score (nSPS) is 19.6. The van der Waals surface area contributed by atoms with Crippen LogP contribution in [0.4, 0.5) is 10.1 Å². The van der Waals surface area contributed by atoms with Crippen molar-refractivity contribution in [3.8, 4) is 6.07 Å². The summed E-state index contributed by atoms with van der Waals surface area (Å²) in [6, 6.07) is 6.61. The van der Waals surface area contributed by atoms with Crippen molar-refractivity contribution in [2.75, 3.05) is 24.6 Å². The molecular formula is C14H17FN2O. The number of hydrogen-bond acceptors (Lipinski definition) is 3. The maximum Gasteiger partial charge on any atom is 0.143 e. The average Bonchev–Trinajstić information content (AvgIpc) is 2.39. The van der Waals surface area contributed by atoms with Crippen molar-refractivity contribution in [3.63, 3.8) is 0 Å². The lowest BCUT2D eigenvalue weighted by atomic mass is 10.1. The fraction of sp³-hybridized carbons (Fsp3) is 0.500. The van der Waals surface area contributed by atoms with E-state index in [1.807, 2.05) is 13.0 Å². The van der Waals surface area contributed by atoms with Gasteiger partial charge < -0.3 is 9.64 Å². The SMILES string of the molecule is CCOC1CCCN(c2ccc(C#N)c(F)c2)C1. The zero-order valence-corrected chi connectivity index (χ0v) is 10.5. The number of benzene rings is 1. The third kappa shape index (κ3) is 2.80. The summed E-state index contributed by atoms with van der Waals surface area (Å²) in [5.74, 6) is -0.450. The van der Waals surface area contributed by atoms with Crippen LogP contribution < -0.4 is 4.90 Å². The Kier molecular flexibility index (Phi) is 4.16. The maximum atomic E-state index is 13.6. The van der Waals surface area contributed by atoms with E-state index < -0.39 is 5.82 Å². The molecule has 1 aliphatic heterocycles. The van der Waals surface area contributed by atoms with Crippen LogP contribution in [0.3, 0.4) is 0 Å². The van der Waals surface area contributed by atoms with E-state index in [1.54, 1.807) is 6.07 Å². The lowest BCUT2D eigenvalue weighted by molar-refractivity contribution is 0.0526. The summed E-state index contributed by atoms with van der Waals surface area (Å²) in [7, 11) is 0. The summed E-state index contributed by atoms with van der Waals surface area (Å²) in [4.78, 5) is 2.12. The number of hydrogen-bond donors (Lipinski definition) is 0. The zero-order valence-electron chi connectivity index (χ0n) is 10.5. The number of ether oxygens (including phenoxy) is 1. The van der Waals surface area contributed by atoms with Gasteiger partial charge in [0.2, 0.25) is 0 Å². The molecule has 3 nitrogen and oxygen atoms in total. The summed E-state index contributed by atoms with van der Waals surface area (Å²) < 4.78 is 19.2. The van der Waals surface area contributed by atoms with Crippen molar-refractivity contribution in [1.82, 2.24) is 0 Å². The number of piperidine rings is 1. The highest BCUT2D eigenvalue weighted by Crippen LogP contribution is 2.23. The van der Waals surface area contributed by atoms with Gasteiger partial charge in [0.25, 0.3) is 0 Å². The Balaban J connectivity index is 2.11. The van der Waals surface area contributed by atoms with Crippen LogP contribution >= 0.6 is 0 Å². The van der Waals surface area contributed by atoms with Gasteiger partial charge >= 0.3 is 0 Å². The summed E-state index contributed by atoms with van der Waals surface area (Å²) >= 11 is 0. The Morgan fingerprint density at radius 1 is 1.56 bits per heavy atom. The molecule has 0 saturated carbocycles. The molecule has 1 aliphatic rings. The Bertz CT molecular complexity index is 454. The third-order valence-corrected chi connectivity index (χ3v) is 3.22. The maximum absolute atomic E-state index is 13.6. The van der Waals surface area contributed by atoms with Crippen LogP contribution in [-0.2, 0) is 4.74 Å². The second kappa shape index (κ2) is 5.83. The van der Waals surface area contributed by atoms with E-state index in [9.17, 15) is 4.39 Å². The number of nitrogens with zero attached hydrogens (tertiary/aromatic N) is 2. The van der Waals surface area contributed by atoms with Gasteiger partial charge in [0.05, 0.1) is 11.7 Å². The molecule has 4 heteroatoms. The Hall–Kier alpha value is -1.60. The van der Waals surface area contributed by atoms with Gasteiger partial charge in [-0.15, -0.1) is 0 Å². The number of rotatable bonds is 3. The van der Waals surface area contributed by atoms with E-state index >= 15 is 0 Å². The smallest absolute Gasteiger partial charge is 0.143 e. The molecule has 0 spiro atoms. The fourth-order valence-corrected chi connectivity index (χ4v) is 2.34. The van der Waals surface area contributed by atoms with Crippen LogP contribution in [0.5, 0.6) is 0 Å². The van der Waals surface area contributed by atoms with Crippen molar-refractivity contribution in [3.05, 3.63) is 29.6 Å². The Labute approximate surface area is 107 Å². The van der Waals surface area contributed by atoms with E-state index in [4.69, 9.17) is 10.00 Å². The first-order valence-electron chi connectivity index (χ1n) is 6.30. The van der Waals surface area contributed by atoms with E-state index in [1.165, 1.54) is 12.1 Å². The molecule has 96 valence electrons. The summed E-state index contributed by atoms with van der Waals surface area (Å²) in [5.41, 5.74) is 0.924. The van der Waals surface area contributed by atoms with Gasteiger partial charge in [0.1, 0.15) is 11.9 Å². The lowest BCUT2D eigenvalue weighted by Crippen LogP contribution is -2.39. The molecular weight excluding hydrogens is 231 g/mol. The summed E-state index contributed by atoms with van der Waals surface area (Å²) in [5, 5.41) is 8.71. The average molecular weight is 248 g/mol. The van der Waals surface area contributed by atoms with Crippen molar-refractivity contribution >= 4 is 5.69 Å². The van der Waals surface area contributed by atoms with Crippen molar-refractivity contribution in [1.29, 1.82) is 5.26 Å². The second-order valence-electron chi connectivity index (χ2n) is 4.44. The molecule has 1 aromatic carbocycles. The monoisotopic (exact) mass is 248 g/mol. The van der Waals surface area contributed by atoms with E-state index in [2.05, 4.69) is 4.90 Å². The van der Waals surface area contributed by atoms with Gasteiger partial charge in [-0.2, -0.15) is 5.26 Å². The first kappa shape index (κ1) is 12.8. The van der Waals surface area contributed by atoms with Crippen molar-refractivity contribution in [2.24, 2.45) is 0 Å². The molecule has 0 aliphatic carbocycles.